The lowest BCUT2D eigenvalue weighted by Crippen LogP contribution is -2.28. The van der Waals surface area contributed by atoms with Crippen LogP contribution < -0.4 is 0 Å². The van der Waals surface area contributed by atoms with Crippen LogP contribution in [-0.2, 0) is 6.42 Å². The van der Waals surface area contributed by atoms with Crippen molar-refractivity contribution in [1.82, 2.24) is 4.90 Å². The zero-order valence-corrected chi connectivity index (χ0v) is 14.6. The molecule has 1 unspecified atom stereocenters. The Hall–Kier alpha value is -1.84. The van der Waals surface area contributed by atoms with E-state index in [1.165, 1.54) is 24.8 Å². The Bertz CT molecular complexity index is 671. The molecule has 2 aliphatic rings. The number of aliphatic hydroxyl groups excluding tert-OH is 1. The number of phenolic OH excluding ortho intramolecular Hbond substituents is 1. The van der Waals surface area contributed by atoms with Crippen molar-refractivity contribution in [2.75, 3.05) is 19.6 Å². The summed E-state index contributed by atoms with van der Waals surface area (Å²) >= 11 is 0. The molecule has 1 saturated carbocycles. The molecule has 2 aromatic carbocycles. The fraction of sp³-hybridized carbons (Fsp3) is 0.455. The number of β-amino-alcohol motifs (C(OH)–C–C–N with tert-alkyl or cyclic N) is 1. The molecule has 25 heavy (non-hydrogen) atoms. The number of aromatic hydroxyl groups is 1. The molecule has 0 spiro atoms. The predicted molar refractivity (Wildman–Crippen MR) is 99.4 cm³/mol. The third-order valence-corrected chi connectivity index (χ3v) is 6.00. The van der Waals surface area contributed by atoms with Crippen LogP contribution in [0.3, 0.4) is 0 Å². The summed E-state index contributed by atoms with van der Waals surface area (Å²) in [6.45, 7) is 2.93. The summed E-state index contributed by atoms with van der Waals surface area (Å²) in [5.74, 6) is 2.65. The highest BCUT2D eigenvalue weighted by atomic mass is 16.3. The normalized spacial score (nSPS) is 27.3. The number of hydrogen-bond donors (Lipinski definition) is 2. The van der Waals surface area contributed by atoms with Crippen LogP contribution in [0.1, 0.15) is 30.1 Å². The van der Waals surface area contributed by atoms with Gasteiger partial charge in [0, 0.05) is 19.6 Å². The third-order valence-electron chi connectivity index (χ3n) is 6.00. The van der Waals surface area contributed by atoms with Crippen LogP contribution in [0.5, 0.6) is 5.75 Å². The summed E-state index contributed by atoms with van der Waals surface area (Å²) in [6, 6.07) is 17.8. The number of nitrogens with zero attached hydrogens (tertiary/aromatic N) is 1. The highest BCUT2D eigenvalue weighted by Crippen LogP contribution is 2.43. The zero-order valence-electron chi connectivity index (χ0n) is 14.6. The molecule has 4 rings (SSSR count). The second kappa shape index (κ2) is 7.19. The average molecular weight is 337 g/mol. The second-order valence-corrected chi connectivity index (χ2v) is 7.87. The van der Waals surface area contributed by atoms with Crippen molar-refractivity contribution < 1.29 is 10.2 Å². The Morgan fingerprint density at radius 3 is 2.20 bits per heavy atom. The molecule has 0 radical (unpaired) electrons. The van der Waals surface area contributed by atoms with Gasteiger partial charge in [-0.15, -0.1) is 0 Å². The van der Waals surface area contributed by atoms with Crippen molar-refractivity contribution in [3.8, 4) is 5.75 Å². The van der Waals surface area contributed by atoms with E-state index in [4.69, 9.17) is 0 Å². The van der Waals surface area contributed by atoms with Gasteiger partial charge in [-0.25, -0.2) is 0 Å². The van der Waals surface area contributed by atoms with Crippen LogP contribution in [0, 0.1) is 17.8 Å². The SMILES string of the molecule is Oc1ccc([C@H](O)CN2C[C@H]3CC(Cc4ccccc4)C[C@H]3C2)cc1. The van der Waals surface area contributed by atoms with Crippen molar-refractivity contribution in [3.05, 3.63) is 65.7 Å². The lowest BCUT2D eigenvalue weighted by atomic mass is 9.96. The van der Waals surface area contributed by atoms with Gasteiger partial charge in [0.05, 0.1) is 6.10 Å². The number of aliphatic hydroxyl groups is 1. The van der Waals surface area contributed by atoms with E-state index in [-0.39, 0.29) is 5.75 Å². The van der Waals surface area contributed by atoms with Crippen molar-refractivity contribution in [1.29, 1.82) is 0 Å². The number of phenols is 1. The fourth-order valence-corrected chi connectivity index (χ4v) is 4.83. The quantitative estimate of drug-likeness (QED) is 0.876. The molecule has 3 heteroatoms. The molecule has 2 aromatic rings. The monoisotopic (exact) mass is 337 g/mol. The van der Waals surface area contributed by atoms with Gasteiger partial charge in [0.25, 0.3) is 0 Å². The highest BCUT2D eigenvalue weighted by molar-refractivity contribution is 5.27. The molecule has 132 valence electrons. The zero-order chi connectivity index (χ0) is 17.2. The third kappa shape index (κ3) is 3.88. The molecule has 3 nitrogen and oxygen atoms in total. The second-order valence-electron chi connectivity index (χ2n) is 7.87. The van der Waals surface area contributed by atoms with Crippen LogP contribution in [0.4, 0.5) is 0 Å². The van der Waals surface area contributed by atoms with E-state index >= 15 is 0 Å². The lowest BCUT2D eigenvalue weighted by Gasteiger charge is -2.22. The maximum atomic E-state index is 10.5. The summed E-state index contributed by atoms with van der Waals surface area (Å²) in [4.78, 5) is 2.42. The largest absolute Gasteiger partial charge is 0.508 e. The molecule has 0 amide bonds. The van der Waals surface area contributed by atoms with Gasteiger partial charge in [-0.2, -0.15) is 0 Å². The van der Waals surface area contributed by atoms with E-state index in [9.17, 15) is 10.2 Å². The Labute approximate surface area is 149 Å². The van der Waals surface area contributed by atoms with Gasteiger partial charge in [-0.3, -0.25) is 4.90 Å². The molecule has 2 fully saturated rings. The minimum Gasteiger partial charge on any atom is -0.508 e. The number of hydrogen-bond acceptors (Lipinski definition) is 3. The maximum absolute atomic E-state index is 10.5. The van der Waals surface area contributed by atoms with E-state index in [1.54, 1.807) is 12.1 Å². The Kier molecular flexibility index (Phi) is 4.78. The van der Waals surface area contributed by atoms with Gasteiger partial charge < -0.3 is 10.2 Å². The molecule has 1 aliphatic heterocycles. The smallest absolute Gasteiger partial charge is 0.115 e. The number of rotatable bonds is 5. The summed E-state index contributed by atoms with van der Waals surface area (Å²) in [7, 11) is 0. The molecule has 2 N–H and O–H groups in total. The molecule has 1 heterocycles. The molecule has 1 aliphatic carbocycles. The van der Waals surface area contributed by atoms with Crippen molar-refractivity contribution in [2.24, 2.45) is 17.8 Å². The Morgan fingerprint density at radius 1 is 0.920 bits per heavy atom. The van der Waals surface area contributed by atoms with E-state index in [1.807, 2.05) is 12.1 Å². The van der Waals surface area contributed by atoms with Crippen LogP contribution >= 0.6 is 0 Å². The van der Waals surface area contributed by atoms with E-state index < -0.39 is 6.10 Å². The first-order valence-corrected chi connectivity index (χ1v) is 9.40. The Balaban J connectivity index is 1.28. The van der Waals surface area contributed by atoms with Crippen molar-refractivity contribution in [3.63, 3.8) is 0 Å². The summed E-state index contributed by atoms with van der Waals surface area (Å²) in [5.41, 5.74) is 2.35. The first kappa shape index (κ1) is 16.6. The van der Waals surface area contributed by atoms with Crippen molar-refractivity contribution in [2.45, 2.75) is 25.4 Å². The van der Waals surface area contributed by atoms with Gasteiger partial charge in [-0.05, 0) is 60.3 Å². The molecule has 0 bridgehead atoms. The van der Waals surface area contributed by atoms with Crippen LogP contribution in [-0.4, -0.2) is 34.7 Å². The average Bonchev–Trinajstić information content (AvgIpc) is 3.14. The van der Waals surface area contributed by atoms with Gasteiger partial charge in [-0.1, -0.05) is 42.5 Å². The summed E-state index contributed by atoms with van der Waals surface area (Å²) < 4.78 is 0. The fourth-order valence-electron chi connectivity index (χ4n) is 4.83. The lowest BCUT2D eigenvalue weighted by molar-refractivity contribution is 0.120. The predicted octanol–water partition coefficient (Wildman–Crippen LogP) is 3.63. The van der Waals surface area contributed by atoms with Gasteiger partial charge in [0.15, 0.2) is 0 Å². The van der Waals surface area contributed by atoms with E-state index in [0.29, 0.717) is 6.54 Å². The number of benzene rings is 2. The van der Waals surface area contributed by atoms with Gasteiger partial charge in [0.2, 0.25) is 0 Å². The molecular weight excluding hydrogens is 310 g/mol. The first-order valence-electron chi connectivity index (χ1n) is 9.40. The topological polar surface area (TPSA) is 43.7 Å². The van der Waals surface area contributed by atoms with Gasteiger partial charge in [0.1, 0.15) is 5.75 Å². The number of likely N-dealkylation sites (tertiary alicyclic amines) is 1. The molecule has 4 atom stereocenters. The summed E-state index contributed by atoms with van der Waals surface area (Å²) in [5, 5.41) is 19.8. The first-order chi connectivity index (χ1) is 12.2. The minimum atomic E-state index is -0.473. The van der Waals surface area contributed by atoms with Crippen LogP contribution in [0.25, 0.3) is 0 Å². The van der Waals surface area contributed by atoms with E-state index in [2.05, 4.69) is 35.2 Å². The van der Waals surface area contributed by atoms with Crippen molar-refractivity contribution >= 4 is 0 Å². The van der Waals surface area contributed by atoms with Crippen LogP contribution in [0.15, 0.2) is 54.6 Å². The molecule has 0 aromatic heterocycles. The molecule has 1 saturated heterocycles. The standard InChI is InChI=1S/C22H27NO2/c24-21-8-6-18(7-9-21)22(25)15-23-13-19-11-17(12-20(19)14-23)10-16-4-2-1-3-5-16/h1-9,17,19-20,22,24-25H,10-15H2/t17?,19-,20+,22-/m1/s1. The minimum absolute atomic E-state index is 0.246. The van der Waals surface area contributed by atoms with Gasteiger partial charge >= 0.3 is 0 Å². The summed E-state index contributed by atoms with van der Waals surface area (Å²) in [6.07, 6.45) is 3.39. The Morgan fingerprint density at radius 2 is 1.56 bits per heavy atom. The van der Waals surface area contributed by atoms with E-state index in [0.717, 1.165) is 36.4 Å². The highest BCUT2D eigenvalue weighted by Gasteiger charge is 2.40. The molecular formula is C22H27NO2. The van der Waals surface area contributed by atoms with Crippen LogP contribution in [0.2, 0.25) is 0 Å². The number of fused-ring (bicyclic) bond motifs is 1. The maximum Gasteiger partial charge on any atom is 0.115 e.